The number of nitrogens with two attached hydrogens (primary N) is 1. The average Bonchev–Trinajstić information content (AvgIpc) is 2.41. The molecule has 2 aromatic carbocycles. The van der Waals surface area contributed by atoms with E-state index in [2.05, 4.69) is 5.32 Å². The molecule has 1 amide bonds. The number of nitrogens with one attached hydrogen (secondary N) is 1. The number of rotatable bonds is 4. The van der Waals surface area contributed by atoms with Crippen molar-refractivity contribution < 1.29 is 9.18 Å². The van der Waals surface area contributed by atoms with Gasteiger partial charge in [0.25, 0.3) is 0 Å². The highest BCUT2D eigenvalue weighted by atomic mass is 35.5. The Hall–Kier alpha value is -2.07. The van der Waals surface area contributed by atoms with Crippen molar-refractivity contribution in [2.75, 3.05) is 5.32 Å². The summed E-state index contributed by atoms with van der Waals surface area (Å²) in [6.07, 6.45) is 0. The number of amides is 1. The molecule has 0 aliphatic rings. The van der Waals surface area contributed by atoms with Crippen LogP contribution in [0.4, 0.5) is 10.1 Å². The van der Waals surface area contributed by atoms with E-state index in [1.54, 1.807) is 31.2 Å². The summed E-state index contributed by atoms with van der Waals surface area (Å²) in [7, 11) is 0. The highest BCUT2D eigenvalue weighted by molar-refractivity contribution is 6.34. The molecule has 0 fully saturated rings. The van der Waals surface area contributed by atoms with Crippen LogP contribution in [0.5, 0.6) is 0 Å². The molecule has 1 unspecified atom stereocenters. The minimum absolute atomic E-state index is 0.101. The second-order valence-electron chi connectivity index (χ2n) is 4.93. The summed E-state index contributed by atoms with van der Waals surface area (Å²) in [6, 6.07) is 9.93. The molecule has 0 saturated carbocycles. The molecule has 0 radical (unpaired) electrons. The summed E-state index contributed by atoms with van der Waals surface area (Å²) in [5, 5.41) is 3.50. The maximum Gasteiger partial charge on any atom is 0.250 e. The summed E-state index contributed by atoms with van der Waals surface area (Å²) in [4.78, 5) is 11.1. The quantitative estimate of drug-likeness (QED) is 0.895. The van der Waals surface area contributed by atoms with E-state index in [0.29, 0.717) is 5.56 Å². The molecule has 2 aromatic rings. The maximum atomic E-state index is 13.6. The number of benzene rings is 2. The van der Waals surface area contributed by atoms with Crippen LogP contribution >= 0.6 is 11.6 Å². The Morgan fingerprint density at radius 1 is 1.29 bits per heavy atom. The van der Waals surface area contributed by atoms with Gasteiger partial charge < -0.3 is 11.1 Å². The topological polar surface area (TPSA) is 55.1 Å². The summed E-state index contributed by atoms with van der Waals surface area (Å²) >= 11 is 6.00. The fraction of sp³-hybridized carbons (Fsp3) is 0.188. The van der Waals surface area contributed by atoms with Crippen LogP contribution in [0.3, 0.4) is 0 Å². The number of primary amides is 1. The summed E-state index contributed by atoms with van der Waals surface area (Å²) < 4.78 is 13.6. The Morgan fingerprint density at radius 3 is 2.57 bits per heavy atom. The lowest BCUT2D eigenvalue weighted by molar-refractivity contribution is 0.100. The number of carbonyl (C=O) groups excluding carboxylic acids is 1. The van der Waals surface area contributed by atoms with Gasteiger partial charge >= 0.3 is 0 Å². The van der Waals surface area contributed by atoms with Crippen LogP contribution in [0, 0.1) is 12.7 Å². The molecular formula is C16H16ClFN2O. The van der Waals surface area contributed by atoms with E-state index in [1.807, 2.05) is 13.0 Å². The van der Waals surface area contributed by atoms with Crippen LogP contribution < -0.4 is 11.1 Å². The van der Waals surface area contributed by atoms with Gasteiger partial charge in [-0.3, -0.25) is 4.79 Å². The zero-order chi connectivity index (χ0) is 15.6. The number of carbonyl (C=O) groups is 1. The monoisotopic (exact) mass is 306 g/mol. The third-order valence-electron chi connectivity index (χ3n) is 3.31. The van der Waals surface area contributed by atoms with E-state index in [4.69, 9.17) is 17.3 Å². The molecular weight excluding hydrogens is 291 g/mol. The molecule has 0 bridgehead atoms. The van der Waals surface area contributed by atoms with Crippen molar-refractivity contribution in [3.8, 4) is 0 Å². The fourth-order valence-corrected chi connectivity index (χ4v) is 2.29. The van der Waals surface area contributed by atoms with Gasteiger partial charge in [-0.15, -0.1) is 0 Å². The maximum absolute atomic E-state index is 13.6. The molecule has 0 aliphatic heterocycles. The molecule has 3 N–H and O–H groups in total. The minimum atomic E-state index is -0.569. The fourth-order valence-electron chi connectivity index (χ4n) is 2.02. The number of anilines is 1. The molecule has 110 valence electrons. The van der Waals surface area contributed by atoms with Gasteiger partial charge in [0.15, 0.2) is 0 Å². The van der Waals surface area contributed by atoms with Crippen molar-refractivity contribution in [1.82, 2.24) is 0 Å². The molecule has 5 heteroatoms. The standard InChI is InChI=1S/C16H16ClFN2O/c1-9-3-4-11(7-15(9)18)10(2)20-12-5-6-13(16(19)21)14(17)8-12/h3-8,10,20H,1-2H3,(H2,19,21). The Bertz CT molecular complexity index is 688. The smallest absolute Gasteiger partial charge is 0.250 e. The van der Waals surface area contributed by atoms with Crippen molar-refractivity contribution in [3.05, 3.63) is 63.9 Å². The Labute approximate surface area is 127 Å². The van der Waals surface area contributed by atoms with Gasteiger partial charge in [-0.25, -0.2) is 4.39 Å². The lowest BCUT2D eigenvalue weighted by atomic mass is 10.1. The number of hydrogen-bond donors (Lipinski definition) is 2. The van der Waals surface area contributed by atoms with Crippen LogP contribution in [-0.4, -0.2) is 5.91 Å². The molecule has 0 saturated heterocycles. The molecule has 0 heterocycles. The first-order chi connectivity index (χ1) is 9.88. The zero-order valence-electron chi connectivity index (χ0n) is 11.8. The molecule has 0 aliphatic carbocycles. The van der Waals surface area contributed by atoms with Crippen molar-refractivity contribution in [2.24, 2.45) is 5.73 Å². The SMILES string of the molecule is Cc1ccc(C(C)Nc2ccc(C(N)=O)c(Cl)c2)cc1F. The summed E-state index contributed by atoms with van der Waals surface area (Å²) in [5.74, 6) is -0.802. The molecule has 3 nitrogen and oxygen atoms in total. The molecule has 0 spiro atoms. The Morgan fingerprint density at radius 2 is 2.00 bits per heavy atom. The van der Waals surface area contributed by atoms with Crippen molar-refractivity contribution in [2.45, 2.75) is 19.9 Å². The lowest BCUT2D eigenvalue weighted by Crippen LogP contribution is -2.12. The molecule has 2 rings (SSSR count). The van der Waals surface area contributed by atoms with Gasteiger partial charge in [0.1, 0.15) is 5.82 Å². The van der Waals surface area contributed by atoms with Crippen LogP contribution in [-0.2, 0) is 0 Å². The van der Waals surface area contributed by atoms with Gasteiger partial charge in [-0.2, -0.15) is 0 Å². The zero-order valence-corrected chi connectivity index (χ0v) is 12.5. The minimum Gasteiger partial charge on any atom is -0.378 e. The highest BCUT2D eigenvalue weighted by Crippen LogP contribution is 2.25. The molecule has 1 atom stereocenters. The van der Waals surface area contributed by atoms with Crippen molar-refractivity contribution >= 4 is 23.2 Å². The second kappa shape index (κ2) is 6.14. The van der Waals surface area contributed by atoms with E-state index < -0.39 is 5.91 Å². The first-order valence-electron chi connectivity index (χ1n) is 6.50. The first kappa shape index (κ1) is 15.3. The van der Waals surface area contributed by atoms with Crippen LogP contribution in [0.2, 0.25) is 5.02 Å². The van der Waals surface area contributed by atoms with E-state index >= 15 is 0 Å². The normalized spacial score (nSPS) is 12.0. The summed E-state index contributed by atoms with van der Waals surface area (Å²) in [6.45, 7) is 3.64. The van der Waals surface area contributed by atoms with E-state index in [9.17, 15) is 9.18 Å². The Balaban J connectivity index is 2.19. The average molecular weight is 307 g/mol. The van der Waals surface area contributed by atoms with Crippen LogP contribution in [0.1, 0.15) is 34.5 Å². The Kier molecular flexibility index (Phi) is 4.48. The van der Waals surface area contributed by atoms with E-state index in [1.165, 1.54) is 6.07 Å². The van der Waals surface area contributed by atoms with Gasteiger partial charge in [0.2, 0.25) is 5.91 Å². The lowest BCUT2D eigenvalue weighted by Gasteiger charge is -2.17. The van der Waals surface area contributed by atoms with Gasteiger partial charge in [0.05, 0.1) is 10.6 Å². The predicted molar refractivity (Wildman–Crippen MR) is 83.1 cm³/mol. The van der Waals surface area contributed by atoms with E-state index in [0.717, 1.165) is 11.3 Å². The number of hydrogen-bond acceptors (Lipinski definition) is 2. The summed E-state index contributed by atoms with van der Waals surface area (Å²) in [5.41, 5.74) is 7.65. The molecule has 0 aromatic heterocycles. The van der Waals surface area contributed by atoms with Gasteiger partial charge in [-0.1, -0.05) is 23.7 Å². The predicted octanol–water partition coefficient (Wildman–Crippen LogP) is 4.06. The number of halogens is 2. The number of aryl methyl sites for hydroxylation is 1. The largest absolute Gasteiger partial charge is 0.378 e. The third kappa shape index (κ3) is 3.52. The van der Waals surface area contributed by atoms with Crippen molar-refractivity contribution in [3.63, 3.8) is 0 Å². The molecule has 21 heavy (non-hydrogen) atoms. The second-order valence-corrected chi connectivity index (χ2v) is 5.34. The van der Waals surface area contributed by atoms with Crippen molar-refractivity contribution in [1.29, 1.82) is 0 Å². The van der Waals surface area contributed by atoms with E-state index in [-0.39, 0.29) is 22.4 Å². The van der Waals surface area contributed by atoms with Crippen LogP contribution in [0.15, 0.2) is 36.4 Å². The van der Waals surface area contributed by atoms with Crippen LogP contribution in [0.25, 0.3) is 0 Å². The first-order valence-corrected chi connectivity index (χ1v) is 6.88. The third-order valence-corrected chi connectivity index (χ3v) is 3.63. The highest BCUT2D eigenvalue weighted by Gasteiger charge is 2.10. The van der Waals surface area contributed by atoms with Gasteiger partial charge in [0, 0.05) is 11.7 Å². The van der Waals surface area contributed by atoms with Gasteiger partial charge in [-0.05, 0) is 49.2 Å².